The fourth-order valence-corrected chi connectivity index (χ4v) is 2.34. The van der Waals surface area contributed by atoms with Crippen molar-refractivity contribution in [2.45, 2.75) is 50.2 Å². The first-order chi connectivity index (χ1) is 5.31. The van der Waals surface area contributed by atoms with Gasteiger partial charge in [0.15, 0.2) is 0 Å². The molecule has 2 rings (SSSR count). The SMILES string of the molecule is Cl.NC12CCCCCC1OCC2. The van der Waals surface area contributed by atoms with Crippen molar-refractivity contribution >= 4 is 12.4 Å². The maximum atomic E-state index is 6.24. The van der Waals surface area contributed by atoms with Gasteiger partial charge in [-0.2, -0.15) is 0 Å². The van der Waals surface area contributed by atoms with E-state index in [1.54, 1.807) is 0 Å². The first-order valence-corrected chi connectivity index (χ1v) is 4.72. The molecular weight excluding hydrogens is 174 g/mol. The van der Waals surface area contributed by atoms with Gasteiger partial charge >= 0.3 is 0 Å². The summed E-state index contributed by atoms with van der Waals surface area (Å²) in [5, 5.41) is 0. The number of halogens is 1. The maximum absolute atomic E-state index is 6.24. The quantitative estimate of drug-likeness (QED) is 0.635. The molecule has 1 aliphatic heterocycles. The summed E-state index contributed by atoms with van der Waals surface area (Å²) in [6.45, 7) is 0.890. The molecule has 0 amide bonds. The van der Waals surface area contributed by atoms with Crippen LogP contribution in [0.15, 0.2) is 0 Å². The highest BCUT2D eigenvalue weighted by Crippen LogP contribution is 2.34. The molecule has 3 heteroatoms. The average molecular weight is 192 g/mol. The molecular formula is C9H18ClNO. The molecule has 1 saturated heterocycles. The van der Waals surface area contributed by atoms with Crippen molar-refractivity contribution in [1.29, 1.82) is 0 Å². The van der Waals surface area contributed by atoms with E-state index < -0.39 is 0 Å². The lowest BCUT2D eigenvalue weighted by Gasteiger charge is -2.27. The van der Waals surface area contributed by atoms with E-state index in [2.05, 4.69) is 0 Å². The van der Waals surface area contributed by atoms with Crippen molar-refractivity contribution in [3.05, 3.63) is 0 Å². The summed E-state index contributed by atoms with van der Waals surface area (Å²) in [7, 11) is 0. The Morgan fingerprint density at radius 1 is 1.17 bits per heavy atom. The molecule has 1 heterocycles. The summed E-state index contributed by atoms with van der Waals surface area (Å²) in [5.74, 6) is 0. The average Bonchev–Trinajstić information content (AvgIpc) is 2.24. The van der Waals surface area contributed by atoms with Gasteiger partial charge in [0.25, 0.3) is 0 Å². The van der Waals surface area contributed by atoms with Crippen LogP contribution in [0.25, 0.3) is 0 Å². The van der Waals surface area contributed by atoms with Gasteiger partial charge in [-0.3, -0.25) is 0 Å². The number of hydrogen-bond acceptors (Lipinski definition) is 2. The van der Waals surface area contributed by atoms with Crippen LogP contribution in [0.1, 0.15) is 38.5 Å². The normalized spacial score (nSPS) is 41.2. The molecule has 2 nitrogen and oxygen atoms in total. The van der Waals surface area contributed by atoms with Gasteiger partial charge in [-0.1, -0.05) is 19.3 Å². The topological polar surface area (TPSA) is 35.2 Å². The highest BCUT2D eigenvalue weighted by atomic mass is 35.5. The van der Waals surface area contributed by atoms with Crippen LogP contribution < -0.4 is 5.73 Å². The van der Waals surface area contributed by atoms with E-state index in [0.29, 0.717) is 6.10 Å². The Morgan fingerprint density at radius 2 is 2.00 bits per heavy atom. The molecule has 2 fully saturated rings. The van der Waals surface area contributed by atoms with E-state index in [1.165, 1.54) is 32.1 Å². The smallest absolute Gasteiger partial charge is 0.0755 e. The number of fused-ring (bicyclic) bond motifs is 1. The second kappa shape index (κ2) is 3.95. The van der Waals surface area contributed by atoms with Gasteiger partial charge < -0.3 is 10.5 Å². The molecule has 12 heavy (non-hydrogen) atoms. The molecule has 0 spiro atoms. The summed E-state index contributed by atoms with van der Waals surface area (Å²) >= 11 is 0. The van der Waals surface area contributed by atoms with Crippen molar-refractivity contribution < 1.29 is 4.74 Å². The lowest BCUT2D eigenvalue weighted by atomic mass is 9.88. The fourth-order valence-electron chi connectivity index (χ4n) is 2.34. The predicted octanol–water partition coefficient (Wildman–Crippen LogP) is 1.86. The second-order valence-electron chi connectivity index (χ2n) is 3.94. The molecule has 2 N–H and O–H groups in total. The van der Waals surface area contributed by atoms with Gasteiger partial charge in [-0.15, -0.1) is 12.4 Å². The van der Waals surface area contributed by atoms with Crippen LogP contribution in [-0.4, -0.2) is 18.2 Å². The molecule has 0 aromatic rings. The third-order valence-electron chi connectivity index (χ3n) is 3.14. The highest BCUT2D eigenvalue weighted by Gasteiger charge is 2.40. The summed E-state index contributed by atoms with van der Waals surface area (Å²) in [4.78, 5) is 0. The van der Waals surface area contributed by atoms with Gasteiger partial charge in [0.1, 0.15) is 0 Å². The molecule has 2 atom stereocenters. The van der Waals surface area contributed by atoms with E-state index in [0.717, 1.165) is 13.0 Å². The standard InChI is InChI=1S/C9H17NO.ClH/c10-9-5-3-1-2-4-8(9)11-7-6-9;/h8H,1-7,10H2;1H. The predicted molar refractivity (Wildman–Crippen MR) is 51.6 cm³/mol. The number of hydrogen-bond donors (Lipinski definition) is 1. The minimum Gasteiger partial charge on any atom is -0.376 e. The molecule has 0 aromatic heterocycles. The van der Waals surface area contributed by atoms with E-state index in [9.17, 15) is 0 Å². The third-order valence-corrected chi connectivity index (χ3v) is 3.14. The third kappa shape index (κ3) is 1.76. The van der Waals surface area contributed by atoms with Crippen LogP contribution >= 0.6 is 12.4 Å². The van der Waals surface area contributed by atoms with Crippen molar-refractivity contribution in [3.63, 3.8) is 0 Å². The molecule has 72 valence electrons. The first kappa shape index (κ1) is 10.3. The highest BCUT2D eigenvalue weighted by molar-refractivity contribution is 5.85. The van der Waals surface area contributed by atoms with Gasteiger partial charge in [0.05, 0.1) is 6.10 Å². The Morgan fingerprint density at radius 3 is 2.83 bits per heavy atom. The van der Waals surface area contributed by atoms with Crippen molar-refractivity contribution in [3.8, 4) is 0 Å². The van der Waals surface area contributed by atoms with E-state index >= 15 is 0 Å². The second-order valence-corrected chi connectivity index (χ2v) is 3.94. The largest absolute Gasteiger partial charge is 0.376 e. The minimum absolute atomic E-state index is 0. The van der Waals surface area contributed by atoms with Gasteiger partial charge in [0, 0.05) is 12.1 Å². The van der Waals surface area contributed by atoms with Gasteiger partial charge in [0.2, 0.25) is 0 Å². The lowest BCUT2D eigenvalue weighted by Crippen LogP contribution is -2.46. The van der Waals surface area contributed by atoms with Crippen molar-refractivity contribution in [2.75, 3.05) is 6.61 Å². The van der Waals surface area contributed by atoms with Crippen molar-refractivity contribution in [2.24, 2.45) is 5.73 Å². The Hall–Kier alpha value is 0.210. The number of ether oxygens (including phenoxy) is 1. The van der Waals surface area contributed by atoms with E-state index in [-0.39, 0.29) is 17.9 Å². The summed E-state index contributed by atoms with van der Waals surface area (Å²) in [6.07, 6.45) is 7.79. The maximum Gasteiger partial charge on any atom is 0.0755 e. The van der Waals surface area contributed by atoms with Gasteiger partial charge in [-0.05, 0) is 19.3 Å². The zero-order valence-corrected chi connectivity index (χ0v) is 8.24. The van der Waals surface area contributed by atoms with E-state index in [1.807, 2.05) is 0 Å². The molecule has 2 aliphatic rings. The van der Waals surface area contributed by atoms with Crippen molar-refractivity contribution in [1.82, 2.24) is 0 Å². The van der Waals surface area contributed by atoms with Crippen LogP contribution in [0.2, 0.25) is 0 Å². The minimum atomic E-state index is 0. The van der Waals surface area contributed by atoms with Crippen LogP contribution in [0.5, 0.6) is 0 Å². The summed E-state index contributed by atoms with van der Waals surface area (Å²) < 4.78 is 5.61. The zero-order valence-electron chi connectivity index (χ0n) is 7.42. The molecule has 0 aromatic carbocycles. The molecule has 1 aliphatic carbocycles. The van der Waals surface area contributed by atoms with Gasteiger partial charge in [-0.25, -0.2) is 0 Å². The zero-order chi connectivity index (χ0) is 7.73. The van der Waals surface area contributed by atoms with Crippen LogP contribution in [0.4, 0.5) is 0 Å². The molecule has 0 bridgehead atoms. The summed E-state index contributed by atoms with van der Waals surface area (Å²) in [6, 6.07) is 0. The van der Waals surface area contributed by atoms with E-state index in [4.69, 9.17) is 10.5 Å². The van der Waals surface area contributed by atoms with Crippen LogP contribution in [0, 0.1) is 0 Å². The molecule has 1 saturated carbocycles. The summed E-state index contributed by atoms with van der Waals surface area (Å²) in [5.41, 5.74) is 6.29. The Labute approximate surface area is 80.3 Å². The van der Waals surface area contributed by atoms with Crippen LogP contribution in [0.3, 0.4) is 0 Å². The monoisotopic (exact) mass is 191 g/mol. The van der Waals surface area contributed by atoms with Crippen LogP contribution in [-0.2, 0) is 4.74 Å². The molecule has 2 unspecified atom stereocenters. The number of nitrogens with two attached hydrogens (primary N) is 1. The fraction of sp³-hybridized carbons (Fsp3) is 1.00. The Kier molecular flexibility index (Phi) is 3.38. The lowest BCUT2D eigenvalue weighted by molar-refractivity contribution is 0.0751. The Bertz CT molecular complexity index is 153. The number of rotatable bonds is 0. The Balaban J connectivity index is 0.000000720. The first-order valence-electron chi connectivity index (χ1n) is 4.72. The molecule has 0 radical (unpaired) electrons.